The van der Waals surface area contributed by atoms with Crippen molar-refractivity contribution in [1.29, 1.82) is 0 Å². The average Bonchev–Trinajstić information content (AvgIpc) is 3.32. The van der Waals surface area contributed by atoms with E-state index in [0.717, 1.165) is 18.4 Å². The molecule has 0 radical (unpaired) electrons. The number of carboxylic acids is 2. The number of hydrogen-bond donors (Lipinski definition) is 2. The molecule has 3 aliphatic rings. The van der Waals surface area contributed by atoms with Gasteiger partial charge in [0.15, 0.2) is 0 Å². The zero-order chi connectivity index (χ0) is 28.6. The maximum atomic E-state index is 10.6. The fourth-order valence-corrected chi connectivity index (χ4v) is 5.03. The number of nitrogens with zero attached hydrogens (tertiary/aromatic N) is 3. The summed E-state index contributed by atoms with van der Waals surface area (Å²) in [6.07, 6.45) is -0.0176. The van der Waals surface area contributed by atoms with E-state index >= 15 is 0 Å². The summed E-state index contributed by atoms with van der Waals surface area (Å²) >= 11 is 0. The first-order valence-electron chi connectivity index (χ1n) is 12.2. The van der Waals surface area contributed by atoms with Crippen LogP contribution in [0.3, 0.4) is 0 Å². The number of carboxylic acid groups (broad SMARTS) is 2. The number of halogens is 6. The number of aromatic nitrogens is 1. The van der Waals surface area contributed by atoms with Gasteiger partial charge in [0.2, 0.25) is 5.88 Å². The van der Waals surface area contributed by atoms with Crippen molar-refractivity contribution in [3.8, 4) is 5.88 Å². The standard InChI is InChI=1S/C20H31N3O.2C2HF3O2/c1-22-11-9-18(14-24-19-8-4-5-10-21-19)12-20(22)15-23(16-20)13-17-6-2-3-7-17;2*3-2(4,5)1(6)7/h4-5,8,10,17-18H,2-3,6-7,9,11-16H2,1H3;2*(H,6,7). The number of aliphatic carboxylic acids is 2. The highest BCUT2D eigenvalue weighted by molar-refractivity contribution is 5.73. The van der Waals surface area contributed by atoms with Gasteiger partial charge in [0.1, 0.15) is 0 Å². The van der Waals surface area contributed by atoms with Gasteiger partial charge in [-0.25, -0.2) is 14.6 Å². The SMILES string of the molecule is CN1CCC(COc2ccccn2)CC12CN(CC1CCCC1)C2.O=C(O)C(F)(F)F.O=C(O)C(F)(F)F. The number of pyridine rings is 1. The van der Waals surface area contributed by atoms with E-state index in [1.807, 2.05) is 18.2 Å². The first-order chi connectivity index (χ1) is 17.6. The second kappa shape index (κ2) is 13.5. The average molecular weight is 558 g/mol. The Hall–Kier alpha value is -2.61. The van der Waals surface area contributed by atoms with E-state index in [1.165, 1.54) is 64.7 Å². The third-order valence-corrected chi connectivity index (χ3v) is 6.97. The molecular weight excluding hydrogens is 524 g/mol. The maximum Gasteiger partial charge on any atom is 0.490 e. The molecule has 1 spiro atoms. The van der Waals surface area contributed by atoms with Crippen LogP contribution in [0.25, 0.3) is 0 Å². The summed E-state index contributed by atoms with van der Waals surface area (Å²) in [6, 6.07) is 5.88. The van der Waals surface area contributed by atoms with Crippen molar-refractivity contribution in [2.24, 2.45) is 11.8 Å². The smallest absolute Gasteiger partial charge is 0.477 e. The van der Waals surface area contributed by atoms with Crippen LogP contribution in [0.2, 0.25) is 0 Å². The number of piperidine rings is 1. The number of likely N-dealkylation sites (tertiary alicyclic amines) is 2. The van der Waals surface area contributed by atoms with Crippen LogP contribution in [0.15, 0.2) is 24.4 Å². The van der Waals surface area contributed by atoms with E-state index in [9.17, 15) is 26.3 Å². The molecule has 8 nitrogen and oxygen atoms in total. The molecule has 216 valence electrons. The fraction of sp³-hybridized carbons (Fsp3) is 0.708. The van der Waals surface area contributed by atoms with Crippen molar-refractivity contribution in [3.05, 3.63) is 24.4 Å². The molecule has 38 heavy (non-hydrogen) atoms. The Bertz CT molecular complexity index is 864. The largest absolute Gasteiger partial charge is 0.490 e. The molecule has 1 unspecified atom stereocenters. The van der Waals surface area contributed by atoms with Gasteiger partial charge in [-0.3, -0.25) is 9.80 Å². The summed E-state index contributed by atoms with van der Waals surface area (Å²) in [5.74, 6) is -3.11. The Labute approximate surface area is 216 Å². The molecule has 1 aromatic rings. The molecule has 14 heteroatoms. The lowest BCUT2D eigenvalue weighted by atomic mass is 9.75. The third-order valence-electron chi connectivity index (χ3n) is 6.97. The van der Waals surface area contributed by atoms with Crippen molar-refractivity contribution in [2.45, 2.75) is 56.4 Å². The minimum Gasteiger partial charge on any atom is -0.477 e. The van der Waals surface area contributed by atoms with E-state index in [4.69, 9.17) is 24.5 Å². The van der Waals surface area contributed by atoms with Crippen molar-refractivity contribution < 1.29 is 50.9 Å². The lowest BCUT2D eigenvalue weighted by Crippen LogP contribution is -2.72. The number of alkyl halides is 6. The molecule has 2 N–H and O–H groups in total. The Morgan fingerprint density at radius 3 is 2.03 bits per heavy atom. The Balaban J connectivity index is 0.000000301. The van der Waals surface area contributed by atoms with Gasteiger partial charge in [0.05, 0.1) is 6.61 Å². The predicted molar refractivity (Wildman–Crippen MR) is 124 cm³/mol. The number of carbonyl (C=O) groups is 2. The van der Waals surface area contributed by atoms with E-state index < -0.39 is 24.3 Å². The molecule has 1 atom stereocenters. The van der Waals surface area contributed by atoms with Crippen molar-refractivity contribution in [3.63, 3.8) is 0 Å². The summed E-state index contributed by atoms with van der Waals surface area (Å²) in [5.41, 5.74) is 0.412. The van der Waals surface area contributed by atoms with Crippen molar-refractivity contribution in [1.82, 2.24) is 14.8 Å². The molecule has 3 fully saturated rings. The van der Waals surface area contributed by atoms with Gasteiger partial charge >= 0.3 is 24.3 Å². The summed E-state index contributed by atoms with van der Waals surface area (Å²) in [7, 11) is 2.32. The van der Waals surface area contributed by atoms with Crippen LogP contribution >= 0.6 is 0 Å². The highest BCUT2D eigenvalue weighted by Gasteiger charge is 2.49. The van der Waals surface area contributed by atoms with Gasteiger partial charge in [-0.2, -0.15) is 26.3 Å². The zero-order valence-electron chi connectivity index (χ0n) is 21.0. The van der Waals surface area contributed by atoms with Gasteiger partial charge in [-0.15, -0.1) is 0 Å². The highest BCUT2D eigenvalue weighted by atomic mass is 19.4. The molecule has 0 amide bonds. The second-order valence-corrected chi connectivity index (χ2v) is 9.91. The Morgan fingerprint density at radius 2 is 1.55 bits per heavy atom. The zero-order valence-corrected chi connectivity index (χ0v) is 21.0. The summed E-state index contributed by atoms with van der Waals surface area (Å²) in [5, 5.41) is 14.2. The summed E-state index contributed by atoms with van der Waals surface area (Å²) < 4.78 is 69.4. The first kappa shape index (κ1) is 31.6. The molecule has 2 saturated heterocycles. The molecule has 1 saturated carbocycles. The lowest BCUT2D eigenvalue weighted by Gasteiger charge is -2.59. The van der Waals surface area contributed by atoms with Crippen LogP contribution in [0, 0.1) is 11.8 Å². The van der Waals surface area contributed by atoms with Gasteiger partial charge in [0, 0.05) is 37.4 Å². The monoisotopic (exact) mass is 557 g/mol. The van der Waals surface area contributed by atoms with Gasteiger partial charge < -0.3 is 14.9 Å². The summed E-state index contributed by atoms with van der Waals surface area (Å²) in [6.45, 7) is 5.88. The van der Waals surface area contributed by atoms with Crippen LogP contribution in [0.5, 0.6) is 5.88 Å². The van der Waals surface area contributed by atoms with Gasteiger partial charge in [-0.1, -0.05) is 18.9 Å². The normalized spacial score (nSPS) is 21.9. The fourth-order valence-electron chi connectivity index (χ4n) is 5.03. The molecule has 2 aliphatic heterocycles. The second-order valence-electron chi connectivity index (χ2n) is 9.91. The molecule has 1 aliphatic carbocycles. The molecule has 3 heterocycles. The van der Waals surface area contributed by atoms with E-state index in [-0.39, 0.29) is 0 Å². The molecule has 4 rings (SSSR count). The van der Waals surface area contributed by atoms with E-state index in [0.29, 0.717) is 11.5 Å². The van der Waals surface area contributed by atoms with Gasteiger partial charge in [-0.05, 0) is 57.2 Å². The summed E-state index contributed by atoms with van der Waals surface area (Å²) in [4.78, 5) is 27.4. The number of ether oxygens (including phenoxy) is 1. The molecule has 0 aromatic carbocycles. The van der Waals surface area contributed by atoms with Crippen LogP contribution < -0.4 is 4.74 Å². The van der Waals surface area contributed by atoms with Crippen LogP contribution in [-0.4, -0.2) is 94.7 Å². The minimum atomic E-state index is -5.08. The third kappa shape index (κ3) is 9.93. The number of hydrogen-bond acceptors (Lipinski definition) is 6. The number of rotatable bonds is 5. The highest BCUT2D eigenvalue weighted by Crippen LogP contribution is 2.39. The van der Waals surface area contributed by atoms with Crippen LogP contribution in [-0.2, 0) is 9.59 Å². The Morgan fingerprint density at radius 1 is 1.00 bits per heavy atom. The lowest BCUT2D eigenvalue weighted by molar-refractivity contribution is -0.193. The van der Waals surface area contributed by atoms with E-state index in [2.05, 4.69) is 21.8 Å². The topological polar surface area (TPSA) is 103 Å². The van der Waals surface area contributed by atoms with Crippen molar-refractivity contribution >= 4 is 11.9 Å². The minimum absolute atomic E-state index is 0.412. The molecule has 1 aromatic heterocycles. The molecular formula is C24H33F6N3O5. The van der Waals surface area contributed by atoms with Gasteiger partial charge in [0.25, 0.3) is 0 Å². The van der Waals surface area contributed by atoms with Crippen molar-refractivity contribution in [2.75, 3.05) is 39.8 Å². The first-order valence-corrected chi connectivity index (χ1v) is 12.2. The maximum absolute atomic E-state index is 10.6. The van der Waals surface area contributed by atoms with Crippen LogP contribution in [0.4, 0.5) is 26.3 Å². The quantitative estimate of drug-likeness (QED) is 0.517. The van der Waals surface area contributed by atoms with Crippen LogP contribution in [0.1, 0.15) is 38.5 Å². The number of likely N-dealkylation sites (N-methyl/N-ethyl adjacent to an activating group) is 1. The van der Waals surface area contributed by atoms with E-state index in [1.54, 1.807) is 6.20 Å². The predicted octanol–water partition coefficient (Wildman–Crippen LogP) is 4.31. The molecule has 0 bridgehead atoms. The Kier molecular flexibility index (Phi) is 11.2.